The second kappa shape index (κ2) is 27.9. The van der Waals surface area contributed by atoms with Gasteiger partial charge >= 0.3 is 0 Å². The van der Waals surface area contributed by atoms with Gasteiger partial charge in [0.25, 0.3) is 5.91 Å². The molecule has 0 aliphatic heterocycles. The lowest BCUT2D eigenvalue weighted by Gasteiger charge is -2.11. The SMILES string of the molecule is CCCCCCCCCCCCCCCCCC(=O)Nc1ccc(O)c(C(=O)NNC(=O)CCCCCCCCCCC)c1. The predicted octanol–water partition coefficient (Wildman–Crippen LogP) is 10.3. The molecule has 0 spiro atoms. The summed E-state index contributed by atoms with van der Waals surface area (Å²) in [6.45, 7) is 4.48. The quantitative estimate of drug-likeness (QED) is 0.0427. The number of benzene rings is 1. The summed E-state index contributed by atoms with van der Waals surface area (Å²) in [6.07, 6.45) is 30.5. The van der Waals surface area contributed by atoms with E-state index >= 15 is 0 Å². The molecule has 0 fully saturated rings. The third-order valence-electron chi connectivity index (χ3n) is 8.36. The molecule has 0 atom stereocenters. The molecule has 1 aromatic carbocycles. The number of rotatable bonds is 28. The van der Waals surface area contributed by atoms with Crippen LogP contribution in [0.4, 0.5) is 5.69 Å². The van der Waals surface area contributed by atoms with E-state index in [-0.39, 0.29) is 23.1 Å². The third-order valence-corrected chi connectivity index (χ3v) is 8.36. The molecule has 0 unspecified atom stereocenters. The molecule has 0 heterocycles. The van der Waals surface area contributed by atoms with Crippen LogP contribution in [0.5, 0.6) is 5.75 Å². The van der Waals surface area contributed by atoms with Crippen molar-refractivity contribution in [2.24, 2.45) is 0 Å². The lowest BCUT2D eigenvalue weighted by atomic mass is 10.0. The molecular weight excluding hydrogens is 550 g/mol. The Labute approximate surface area is 269 Å². The number of phenolic OH excluding ortho intramolecular Hbond substituents is 1. The average Bonchev–Trinajstić information content (AvgIpc) is 3.01. The number of amides is 3. The summed E-state index contributed by atoms with van der Waals surface area (Å²) in [5.41, 5.74) is 5.24. The molecule has 7 nitrogen and oxygen atoms in total. The van der Waals surface area contributed by atoms with E-state index < -0.39 is 5.91 Å². The maximum Gasteiger partial charge on any atom is 0.273 e. The minimum atomic E-state index is -0.624. The summed E-state index contributed by atoms with van der Waals surface area (Å²) in [5.74, 6) is -1.20. The molecule has 252 valence electrons. The van der Waals surface area contributed by atoms with Gasteiger partial charge in [-0.2, -0.15) is 0 Å². The van der Waals surface area contributed by atoms with Gasteiger partial charge in [0.2, 0.25) is 11.8 Å². The monoisotopic (exact) mass is 615 g/mol. The smallest absolute Gasteiger partial charge is 0.273 e. The number of hydrogen-bond donors (Lipinski definition) is 4. The molecule has 44 heavy (non-hydrogen) atoms. The highest BCUT2D eigenvalue weighted by Gasteiger charge is 2.14. The highest BCUT2D eigenvalue weighted by molar-refractivity contribution is 6.00. The molecule has 3 amide bonds. The number of aromatic hydroxyl groups is 1. The van der Waals surface area contributed by atoms with E-state index in [0.29, 0.717) is 18.5 Å². The summed E-state index contributed by atoms with van der Waals surface area (Å²) < 4.78 is 0. The number of hydrazine groups is 1. The van der Waals surface area contributed by atoms with Gasteiger partial charge in [-0.3, -0.25) is 25.2 Å². The number of carbonyl (C=O) groups is 3. The number of unbranched alkanes of at least 4 members (excludes halogenated alkanes) is 22. The van der Waals surface area contributed by atoms with E-state index in [9.17, 15) is 19.5 Å². The highest BCUT2D eigenvalue weighted by atomic mass is 16.3. The molecule has 0 aliphatic rings. The minimum absolute atomic E-state index is 0.00172. The highest BCUT2D eigenvalue weighted by Crippen LogP contribution is 2.22. The molecule has 0 aromatic heterocycles. The number of anilines is 1. The Morgan fingerprint density at radius 2 is 0.909 bits per heavy atom. The summed E-state index contributed by atoms with van der Waals surface area (Å²) in [5, 5.41) is 13.0. The Hall–Kier alpha value is -2.57. The Bertz CT molecular complexity index is 889. The van der Waals surface area contributed by atoms with Crippen LogP contribution in [0.2, 0.25) is 0 Å². The topological polar surface area (TPSA) is 108 Å². The lowest BCUT2D eigenvalue weighted by Crippen LogP contribution is -2.41. The van der Waals surface area contributed by atoms with Gasteiger partial charge in [0.15, 0.2) is 0 Å². The van der Waals surface area contributed by atoms with Crippen LogP contribution in [0.15, 0.2) is 18.2 Å². The predicted molar refractivity (Wildman–Crippen MR) is 184 cm³/mol. The fourth-order valence-corrected chi connectivity index (χ4v) is 5.53. The second-order valence-electron chi connectivity index (χ2n) is 12.6. The van der Waals surface area contributed by atoms with Gasteiger partial charge in [0, 0.05) is 18.5 Å². The van der Waals surface area contributed by atoms with Crippen molar-refractivity contribution in [1.29, 1.82) is 0 Å². The van der Waals surface area contributed by atoms with Crippen molar-refractivity contribution in [2.45, 2.75) is 181 Å². The lowest BCUT2D eigenvalue weighted by molar-refractivity contribution is -0.122. The zero-order chi connectivity index (χ0) is 32.1. The number of phenols is 1. The average molecular weight is 616 g/mol. The molecule has 0 radical (unpaired) electrons. The van der Waals surface area contributed by atoms with E-state index in [4.69, 9.17) is 0 Å². The maximum atomic E-state index is 12.6. The van der Waals surface area contributed by atoms with Crippen molar-refractivity contribution in [3.8, 4) is 5.75 Å². The van der Waals surface area contributed by atoms with E-state index in [1.807, 2.05) is 0 Å². The van der Waals surface area contributed by atoms with E-state index in [1.54, 1.807) is 6.07 Å². The van der Waals surface area contributed by atoms with Crippen molar-refractivity contribution in [3.63, 3.8) is 0 Å². The normalized spacial score (nSPS) is 11.0. The van der Waals surface area contributed by atoms with Crippen LogP contribution in [0.25, 0.3) is 0 Å². The van der Waals surface area contributed by atoms with Crippen molar-refractivity contribution < 1.29 is 19.5 Å². The van der Waals surface area contributed by atoms with Crippen molar-refractivity contribution in [1.82, 2.24) is 10.9 Å². The first-order valence-corrected chi connectivity index (χ1v) is 18.2. The molecule has 0 saturated carbocycles. The van der Waals surface area contributed by atoms with E-state index in [2.05, 4.69) is 30.0 Å². The fourth-order valence-electron chi connectivity index (χ4n) is 5.53. The van der Waals surface area contributed by atoms with Crippen LogP contribution in [-0.2, 0) is 9.59 Å². The summed E-state index contributed by atoms with van der Waals surface area (Å²) in [4.78, 5) is 37.1. The first-order valence-electron chi connectivity index (χ1n) is 18.2. The van der Waals surface area contributed by atoms with Gasteiger partial charge in [-0.1, -0.05) is 155 Å². The van der Waals surface area contributed by atoms with Crippen LogP contribution in [0, 0.1) is 0 Å². The van der Waals surface area contributed by atoms with Crippen molar-refractivity contribution in [2.75, 3.05) is 5.32 Å². The number of nitrogens with one attached hydrogen (secondary N) is 3. The zero-order valence-corrected chi connectivity index (χ0v) is 28.3. The first-order chi connectivity index (χ1) is 21.5. The number of carbonyl (C=O) groups excluding carboxylic acids is 3. The van der Waals surface area contributed by atoms with Gasteiger partial charge in [0.1, 0.15) is 5.75 Å². The summed E-state index contributed by atoms with van der Waals surface area (Å²) in [6, 6.07) is 4.38. The largest absolute Gasteiger partial charge is 0.507 e. The van der Waals surface area contributed by atoms with Gasteiger partial charge in [-0.15, -0.1) is 0 Å². The molecule has 7 heteroatoms. The van der Waals surface area contributed by atoms with Gasteiger partial charge < -0.3 is 10.4 Å². The number of hydrogen-bond acceptors (Lipinski definition) is 4. The first kappa shape index (κ1) is 39.5. The third kappa shape index (κ3) is 22.0. The van der Waals surface area contributed by atoms with Crippen LogP contribution >= 0.6 is 0 Å². The summed E-state index contributed by atoms with van der Waals surface area (Å²) >= 11 is 0. The van der Waals surface area contributed by atoms with Gasteiger partial charge in [-0.05, 0) is 31.0 Å². The zero-order valence-electron chi connectivity index (χ0n) is 28.3. The second-order valence-corrected chi connectivity index (χ2v) is 12.6. The standard InChI is InChI=1S/C37H65N3O4/c1-3-5-7-9-11-13-14-15-16-17-18-20-21-23-25-27-35(42)38-32-29-30-34(41)33(31-32)37(44)40-39-36(43)28-26-24-22-19-12-10-8-6-4-2/h29-31,41H,3-28H2,1-2H3,(H,38,42)(H,39,43)(H,40,44). The van der Waals surface area contributed by atoms with Crippen LogP contribution in [0.1, 0.15) is 191 Å². The van der Waals surface area contributed by atoms with Crippen molar-refractivity contribution >= 4 is 23.4 Å². The molecule has 4 N–H and O–H groups in total. The van der Waals surface area contributed by atoms with Crippen LogP contribution in [-0.4, -0.2) is 22.8 Å². The Morgan fingerprint density at radius 1 is 0.523 bits per heavy atom. The van der Waals surface area contributed by atoms with E-state index in [0.717, 1.165) is 38.5 Å². The maximum absolute atomic E-state index is 12.6. The van der Waals surface area contributed by atoms with E-state index in [1.165, 1.54) is 128 Å². The van der Waals surface area contributed by atoms with Crippen molar-refractivity contribution in [3.05, 3.63) is 23.8 Å². The molecule has 0 saturated heterocycles. The molecule has 1 rings (SSSR count). The van der Waals surface area contributed by atoms with Gasteiger partial charge in [0.05, 0.1) is 5.56 Å². The Balaban J connectivity index is 2.13. The molecular formula is C37H65N3O4. The minimum Gasteiger partial charge on any atom is -0.507 e. The van der Waals surface area contributed by atoms with Crippen LogP contribution < -0.4 is 16.2 Å². The Morgan fingerprint density at radius 3 is 1.34 bits per heavy atom. The molecule has 1 aromatic rings. The molecule has 0 aliphatic carbocycles. The Kier molecular flexibility index (Phi) is 25.1. The fraction of sp³-hybridized carbons (Fsp3) is 0.757. The van der Waals surface area contributed by atoms with Gasteiger partial charge in [-0.25, -0.2) is 0 Å². The summed E-state index contributed by atoms with van der Waals surface area (Å²) in [7, 11) is 0. The molecule has 0 bridgehead atoms. The van der Waals surface area contributed by atoms with Crippen LogP contribution in [0.3, 0.4) is 0 Å².